The molecule has 22 nitrogen and oxygen atoms in total. The summed E-state index contributed by atoms with van der Waals surface area (Å²) in [5.41, 5.74) is 2.33. The molecule has 0 unspecified atom stereocenters. The summed E-state index contributed by atoms with van der Waals surface area (Å²) in [4.78, 5) is 23.8. The first kappa shape index (κ1) is 52.8. The molecule has 0 saturated carbocycles. The molecule has 0 spiro atoms. The molecular formula is C44H46F2N12O10S4. The number of nitrogens with zero attached hydrogens (tertiary/aromatic N) is 12. The summed E-state index contributed by atoms with van der Waals surface area (Å²) in [6.07, 6.45) is 0.258. The smallest absolute Gasteiger partial charge is 0.197 e. The fourth-order valence-corrected chi connectivity index (χ4v) is 11.2. The van der Waals surface area contributed by atoms with Crippen LogP contribution in [0.15, 0.2) is 71.9 Å². The highest BCUT2D eigenvalue weighted by Crippen LogP contribution is 2.39. The van der Waals surface area contributed by atoms with E-state index in [1.165, 1.54) is 74.1 Å². The molecule has 72 heavy (non-hydrogen) atoms. The minimum absolute atomic E-state index is 0.0553. The van der Waals surface area contributed by atoms with Gasteiger partial charge < -0.3 is 29.2 Å². The van der Waals surface area contributed by atoms with Crippen LogP contribution in [0.1, 0.15) is 60.7 Å². The molecule has 4 atom stereocenters. The van der Waals surface area contributed by atoms with E-state index in [9.17, 15) is 35.8 Å². The Kier molecular flexibility index (Phi) is 16.3. The second-order valence-corrected chi connectivity index (χ2v) is 22.0. The molecule has 2 aromatic carbocycles. The Morgan fingerprint density at radius 1 is 0.569 bits per heavy atom. The van der Waals surface area contributed by atoms with Crippen LogP contribution in [0.25, 0.3) is 33.0 Å². The van der Waals surface area contributed by atoms with Crippen molar-refractivity contribution in [1.29, 1.82) is 0 Å². The molecule has 0 aliphatic carbocycles. The van der Waals surface area contributed by atoms with Crippen LogP contribution in [0, 0.1) is 25.5 Å². The first-order chi connectivity index (χ1) is 34.3. The molecular weight excluding hydrogens is 1020 g/mol. The van der Waals surface area contributed by atoms with Gasteiger partial charge in [-0.2, -0.15) is 0 Å². The molecule has 6 heterocycles. The topological polar surface area (TPSA) is 284 Å². The minimum Gasteiger partial charge on any atom is -0.494 e. The molecule has 0 aliphatic rings. The van der Waals surface area contributed by atoms with Gasteiger partial charge in [0.05, 0.1) is 63.7 Å². The maximum absolute atomic E-state index is 13.4. The van der Waals surface area contributed by atoms with Crippen molar-refractivity contribution in [2.75, 3.05) is 28.4 Å². The van der Waals surface area contributed by atoms with Gasteiger partial charge in [0, 0.05) is 22.1 Å². The van der Waals surface area contributed by atoms with Crippen LogP contribution in [-0.2, 0) is 31.2 Å². The third-order valence-corrected chi connectivity index (χ3v) is 16.8. The Hall–Kier alpha value is -6.98. The van der Waals surface area contributed by atoms with Crippen LogP contribution in [0.2, 0.25) is 0 Å². The molecule has 0 bridgehead atoms. The number of sulfone groups is 2. The van der Waals surface area contributed by atoms with Crippen molar-refractivity contribution >= 4 is 42.3 Å². The fraction of sp³-hybridized carbons (Fsp3) is 0.318. The molecule has 0 aliphatic heterocycles. The number of halogens is 2. The van der Waals surface area contributed by atoms with Crippen molar-refractivity contribution in [2.45, 2.75) is 61.9 Å². The van der Waals surface area contributed by atoms with E-state index in [2.05, 4.69) is 50.3 Å². The van der Waals surface area contributed by atoms with Crippen LogP contribution < -0.4 is 18.9 Å². The van der Waals surface area contributed by atoms with Crippen molar-refractivity contribution in [3.63, 3.8) is 0 Å². The number of methoxy groups -OCH3 is 4. The molecule has 8 aromatic rings. The quantitative estimate of drug-likeness (QED) is 0.109. The van der Waals surface area contributed by atoms with Gasteiger partial charge in [0.15, 0.2) is 76.3 Å². The Morgan fingerprint density at radius 2 is 0.889 bits per heavy atom. The van der Waals surface area contributed by atoms with Gasteiger partial charge in [-0.3, -0.25) is 9.13 Å². The highest BCUT2D eigenvalue weighted by atomic mass is 32.2. The number of aliphatic hydroxyl groups is 2. The molecule has 0 amide bonds. The van der Waals surface area contributed by atoms with E-state index in [4.69, 9.17) is 18.9 Å². The highest BCUT2D eigenvalue weighted by molar-refractivity contribution is 7.91. The lowest BCUT2D eigenvalue weighted by Gasteiger charge is -2.19. The van der Waals surface area contributed by atoms with Gasteiger partial charge in [-0.1, -0.05) is 12.1 Å². The van der Waals surface area contributed by atoms with E-state index in [1.807, 2.05) is 24.6 Å². The molecule has 2 N–H and O–H groups in total. The lowest BCUT2D eigenvalue weighted by Crippen LogP contribution is -2.29. The predicted octanol–water partition coefficient (Wildman–Crippen LogP) is 5.36. The minimum atomic E-state index is -4.05. The predicted molar refractivity (Wildman–Crippen MR) is 259 cm³/mol. The Morgan fingerprint density at radius 3 is 1.17 bits per heavy atom. The van der Waals surface area contributed by atoms with Crippen LogP contribution in [0.3, 0.4) is 0 Å². The van der Waals surface area contributed by atoms with E-state index < -0.39 is 65.5 Å². The maximum atomic E-state index is 13.4. The fourth-order valence-electron chi connectivity index (χ4n) is 6.97. The molecule has 6 aromatic heterocycles. The van der Waals surface area contributed by atoms with E-state index in [1.54, 1.807) is 36.4 Å². The summed E-state index contributed by atoms with van der Waals surface area (Å²) in [7, 11) is -2.18. The number of hydrogen-bond acceptors (Lipinski definition) is 22. The third-order valence-electron chi connectivity index (χ3n) is 10.8. The number of aliphatic hydroxyl groups excluding tert-OH is 2. The molecule has 0 radical (unpaired) electrons. The van der Waals surface area contributed by atoms with Crippen LogP contribution >= 0.6 is 22.7 Å². The average Bonchev–Trinajstić information content (AvgIpc) is 4.20. The standard InChI is InChI=1S/2C22H23FN6O5S2/c2*1-12-10-35-22(26-12)21-28-27-17(29(21)18-15(33-3)6-5-7-16(18)34-4)11-36(31,32)13(2)19(30)20-24-8-14(23)9-25-20/h2*5-10,13,19,30H,11H2,1-4H3/t2*13-,19-/m10/s1. The Bertz CT molecular complexity index is 3120. The lowest BCUT2D eigenvalue weighted by molar-refractivity contribution is 0.165. The second-order valence-electron chi connectivity index (χ2n) is 15.6. The van der Waals surface area contributed by atoms with E-state index in [-0.39, 0.29) is 23.3 Å². The first-order valence-electron chi connectivity index (χ1n) is 21.2. The zero-order valence-electron chi connectivity index (χ0n) is 39.6. The number of aromatic nitrogens is 12. The number of thiazole rings is 2. The monoisotopic (exact) mass is 1070 g/mol. The molecule has 0 saturated heterocycles. The van der Waals surface area contributed by atoms with Crippen molar-refractivity contribution in [1.82, 2.24) is 59.4 Å². The maximum Gasteiger partial charge on any atom is 0.197 e. The number of ether oxygens (including phenoxy) is 4. The van der Waals surface area contributed by atoms with E-state index >= 15 is 0 Å². The number of hydrogen-bond donors (Lipinski definition) is 2. The van der Waals surface area contributed by atoms with Crippen molar-refractivity contribution in [3.8, 4) is 56.0 Å². The normalized spacial score (nSPS) is 13.4. The van der Waals surface area contributed by atoms with Gasteiger partial charge in [0.25, 0.3) is 0 Å². The SMILES string of the molecule is COc1cccc(OC)c1-n1c(CS(=O)(=O)[C@@H](C)[C@H](O)c2ncc(F)cn2)nnc1-c1nc(C)cs1.COc1cccc(OC)c1-n1c(CS(=O)(=O)[C@H](C)[C@@H](O)c2ncc(F)cn2)nnc1-c1nc(C)cs1. The summed E-state index contributed by atoms with van der Waals surface area (Å²) in [6.45, 7) is 6.30. The van der Waals surface area contributed by atoms with E-state index in [0.717, 1.165) is 36.2 Å². The van der Waals surface area contributed by atoms with Crippen LogP contribution in [-0.4, -0.2) is 125 Å². The molecule has 8 rings (SSSR count). The number of benzene rings is 2. The number of aryl methyl sites for hydroxylation is 2. The molecule has 380 valence electrons. The Balaban J connectivity index is 0.000000211. The van der Waals surface area contributed by atoms with Crippen LogP contribution in [0.4, 0.5) is 8.78 Å². The Labute approximate surface area is 419 Å². The zero-order chi connectivity index (χ0) is 52.1. The van der Waals surface area contributed by atoms with Gasteiger partial charge in [-0.25, -0.2) is 55.5 Å². The zero-order valence-corrected chi connectivity index (χ0v) is 42.8. The van der Waals surface area contributed by atoms with Crippen molar-refractivity contribution in [3.05, 3.63) is 118 Å². The van der Waals surface area contributed by atoms with Gasteiger partial charge in [-0.05, 0) is 52.0 Å². The van der Waals surface area contributed by atoms with E-state index in [0.29, 0.717) is 56.0 Å². The molecule has 28 heteroatoms. The third kappa shape index (κ3) is 11.2. The summed E-state index contributed by atoms with van der Waals surface area (Å²) >= 11 is 2.65. The second kappa shape index (κ2) is 22.2. The lowest BCUT2D eigenvalue weighted by atomic mass is 10.2. The highest BCUT2D eigenvalue weighted by Gasteiger charge is 2.36. The largest absolute Gasteiger partial charge is 0.494 e. The van der Waals surface area contributed by atoms with Crippen molar-refractivity contribution < 1.29 is 54.8 Å². The first-order valence-corrected chi connectivity index (χ1v) is 26.4. The summed E-state index contributed by atoms with van der Waals surface area (Å²) in [5, 5.41) is 40.1. The average molecular weight is 1070 g/mol. The number of rotatable bonds is 18. The summed E-state index contributed by atoms with van der Waals surface area (Å²) in [6, 6.07) is 10.3. The van der Waals surface area contributed by atoms with Crippen LogP contribution in [0.5, 0.6) is 23.0 Å². The summed E-state index contributed by atoms with van der Waals surface area (Å²) in [5.74, 6) is -0.702. The van der Waals surface area contributed by atoms with Gasteiger partial charge in [-0.15, -0.1) is 43.1 Å². The van der Waals surface area contributed by atoms with Gasteiger partial charge in [0.2, 0.25) is 0 Å². The van der Waals surface area contributed by atoms with Gasteiger partial charge in [0.1, 0.15) is 58.1 Å². The van der Waals surface area contributed by atoms with Gasteiger partial charge >= 0.3 is 0 Å². The molecule has 0 fully saturated rings. The van der Waals surface area contributed by atoms with Crippen molar-refractivity contribution in [2.24, 2.45) is 0 Å². The number of para-hydroxylation sites is 2. The summed E-state index contributed by atoms with van der Waals surface area (Å²) < 4.78 is 105.